The molecule has 2 amide bonds. The third-order valence-electron chi connectivity index (χ3n) is 4.64. The van der Waals surface area contributed by atoms with Gasteiger partial charge in [0.1, 0.15) is 28.1 Å². The number of aromatic amines is 1. The van der Waals surface area contributed by atoms with Crippen LogP contribution in [0.4, 0.5) is 19.7 Å². The zero-order valence-corrected chi connectivity index (χ0v) is 20.0. The number of H-pyrrole nitrogens is 1. The van der Waals surface area contributed by atoms with E-state index in [9.17, 15) is 14.0 Å². The quantitative estimate of drug-likeness (QED) is 0.403. The van der Waals surface area contributed by atoms with Crippen molar-refractivity contribution in [3.05, 3.63) is 70.9 Å². The van der Waals surface area contributed by atoms with Crippen LogP contribution >= 0.6 is 11.6 Å². The Morgan fingerprint density at radius 2 is 1.74 bits per heavy atom. The van der Waals surface area contributed by atoms with E-state index in [1.807, 2.05) is 0 Å². The second-order valence-corrected chi connectivity index (χ2v) is 8.89. The number of nitrogens with zero attached hydrogens (tertiary/aromatic N) is 1. The molecule has 10 heteroatoms. The lowest BCUT2D eigenvalue weighted by atomic mass is 10.1. The van der Waals surface area contributed by atoms with Gasteiger partial charge in [0.2, 0.25) is 0 Å². The number of rotatable bonds is 6. The van der Waals surface area contributed by atoms with Gasteiger partial charge in [0.25, 0.3) is 0 Å². The zero-order valence-electron chi connectivity index (χ0n) is 19.2. The summed E-state index contributed by atoms with van der Waals surface area (Å²) in [5, 5.41) is 5.66. The number of alkyl carbamates (subject to hydrolysis) is 1. The van der Waals surface area contributed by atoms with Crippen molar-refractivity contribution in [2.24, 2.45) is 0 Å². The number of aromatic nitrogens is 2. The minimum absolute atomic E-state index is 0.277. The van der Waals surface area contributed by atoms with Crippen molar-refractivity contribution >= 4 is 29.5 Å². The third-order valence-corrected chi connectivity index (χ3v) is 4.92. The fourth-order valence-corrected chi connectivity index (χ4v) is 3.38. The Morgan fingerprint density at radius 1 is 1.09 bits per heavy atom. The molecule has 0 spiro atoms. The molecule has 0 fully saturated rings. The molecule has 2 aromatic carbocycles. The van der Waals surface area contributed by atoms with Crippen molar-refractivity contribution in [2.75, 3.05) is 12.4 Å². The molecule has 3 N–H and O–H groups in total. The summed E-state index contributed by atoms with van der Waals surface area (Å²) in [6.45, 7) is 5.30. The minimum Gasteiger partial charge on any atom is -0.453 e. The summed E-state index contributed by atoms with van der Waals surface area (Å²) in [6, 6.07) is 12.2. The van der Waals surface area contributed by atoms with E-state index in [0.717, 1.165) is 5.56 Å². The molecule has 3 rings (SSSR count). The number of carbonyl (C=O) groups excluding carboxylic acids is 2. The number of nitrogens with one attached hydrogen (secondary N) is 3. The number of methoxy groups -OCH3 is 1. The van der Waals surface area contributed by atoms with E-state index in [1.165, 1.54) is 19.2 Å². The first-order valence-corrected chi connectivity index (χ1v) is 10.9. The van der Waals surface area contributed by atoms with Crippen molar-refractivity contribution in [3.63, 3.8) is 0 Å². The summed E-state index contributed by atoms with van der Waals surface area (Å²) >= 11 is 6.44. The fraction of sp³-hybridized carbons (Fsp3) is 0.292. The van der Waals surface area contributed by atoms with Gasteiger partial charge in [-0.1, -0.05) is 35.9 Å². The number of hydrogen-bond acceptors (Lipinski definition) is 5. The zero-order chi connectivity index (χ0) is 24.9. The lowest BCUT2D eigenvalue weighted by Crippen LogP contribution is -2.36. The smallest absolute Gasteiger partial charge is 0.411 e. The maximum absolute atomic E-state index is 13.3. The lowest BCUT2D eigenvalue weighted by molar-refractivity contribution is 0.0501. The van der Waals surface area contributed by atoms with Crippen LogP contribution in [0.25, 0.3) is 11.3 Å². The van der Waals surface area contributed by atoms with Crippen LogP contribution in [0.5, 0.6) is 0 Å². The standard InChI is InChI=1S/C24H26ClFN4O4/c1-24(2,3)34-23(32)28-18(13-14-5-9-16(26)10-6-14)21-29-19(20(25)30-21)15-7-11-17(12-8-15)27-22(31)33-4/h5-12,18H,13H2,1-4H3,(H,27,31)(H,28,32)(H,29,30)/t18-/m0/s1. The molecule has 0 bridgehead atoms. The van der Waals surface area contributed by atoms with Gasteiger partial charge in [0, 0.05) is 17.7 Å². The summed E-state index contributed by atoms with van der Waals surface area (Å²) in [4.78, 5) is 31.5. The normalized spacial score (nSPS) is 12.1. The van der Waals surface area contributed by atoms with Crippen molar-refractivity contribution in [1.82, 2.24) is 15.3 Å². The van der Waals surface area contributed by atoms with Crippen LogP contribution in [-0.4, -0.2) is 34.9 Å². The molecule has 0 saturated heterocycles. The van der Waals surface area contributed by atoms with Gasteiger partial charge in [0.05, 0.1) is 13.2 Å². The van der Waals surface area contributed by atoms with E-state index >= 15 is 0 Å². The predicted molar refractivity (Wildman–Crippen MR) is 127 cm³/mol. The molecule has 1 atom stereocenters. The second-order valence-electron chi connectivity index (χ2n) is 8.51. The largest absolute Gasteiger partial charge is 0.453 e. The van der Waals surface area contributed by atoms with E-state index in [0.29, 0.717) is 29.2 Å². The Morgan fingerprint density at radius 3 is 2.32 bits per heavy atom. The van der Waals surface area contributed by atoms with Crippen LogP contribution in [0, 0.1) is 5.82 Å². The highest BCUT2D eigenvalue weighted by molar-refractivity contribution is 6.31. The molecular weight excluding hydrogens is 463 g/mol. The van der Waals surface area contributed by atoms with E-state index in [1.54, 1.807) is 57.2 Å². The van der Waals surface area contributed by atoms with Crippen molar-refractivity contribution in [2.45, 2.75) is 38.8 Å². The molecule has 1 heterocycles. The molecule has 0 saturated carbocycles. The van der Waals surface area contributed by atoms with Gasteiger partial charge in [0.15, 0.2) is 0 Å². The molecule has 1 aromatic heterocycles. The highest BCUT2D eigenvalue weighted by Gasteiger charge is 2.24. The van der Waals surface area contributed by atoms with Crippen LogP contribution < -0.4 is 10.6 Å². The highest BCUT2D eigenvalue weighted by Crippen LogP contribution is 2.29. The Kier molecular flexibility index (Phi) is 7.78. The van der Waals surface area contributed by atoms with Gasteiger partial charge in [-0.15, -0.1) is 0 Å². The van der Waals surface area contributed by atoms with E-state index < -0.39 is 23.8 Å². The summed E-state index contributed by atoms with van der Waals surface area (Å²) in [5.74, 6) is 0.0563. The minimum atomic E-state index is -0.684. The van der Waals surface area contributed by atoms with Gasteiger partial charge in [-0.05, 0) is 50.6 Å². The summed E-state index contributed by atoms with van der Waals surface area (Å²) < 4.78 is 23.3. The Labute approximate surface area is 201 Å². The van der Waals surface area contributed by atoms with E-state index in [-0.39, 0.29) is 11.0 Å². The first-order valence-electron chi connectivity index (χ1n) is 10.5. The number of benzene rings is 2. The number of ether oxygens (including phenoxy) is 2. The molecule has 3 aromatic rings. The van der Waals surface area contributed by atoms with Gasteiger partial charge < -0.3 is 19.8 Å². The summed E-state index contributed by atoms with van der Waals surface area (Å²) in [6.07, 6.45) is -0.873. The molecular formula is C24H26ClFN4O4. The third kappa shape index (κ3) is 6.95. The summed E-state index contributed by atoms with van der Waals surface area (Å²) in [5.41, 5.74) is 1.81. The molecule has 180 valence electrons. The number of anilines is 1. The Hall–Kier alpha value is -3.59. The molecule has 34 heavy (non-hydrogen) atoms. The molecule has 0 aliphatic carbocycles. The SMILES string of the molecule is COC(=O)Nc1ccc(-c2nc([C@H](Cc3ccc(F)cc3)NC(=O)OC(C)(C)C)[nH]c2Cl)cc1. The monoisotopic (exact) mass is 488 g/mol. The van der Waals surface area contributed by atoms with Crippen molar-refractivity contribution in [1.29, 1.82) is 0 Å². The van der Waals surface area contributed by atoms with Gasteiger partial charge in [-0.25, -0.2) is 19.0 Å². The van der Waals surface area contributed by atoms with Crippen LogP contribution in [0.1, 0.15) is 38.2 Å². The fourth-order valence-electron chi connectivity index (χ4n) is 3.13. The van der Waals surface area contributed by atoms with E-state index in [2.05, 4.69) is 25.3 Å². The van der Waals surface area contributed by atoms with Gasteiger partial charge in [-0.2, -0.15) is 0 Å². The molecule has 8 nitrogen and oxygen atoms in total. The van der Waals surface area contributed by atoms with Crippen LogP contribution in [-0.2, 0) is 15.9 Å². The first kappa shape index (κ1) is 25.0. The van der Waals surface area contributed by atoms with Crippen molar-refractivity contribution < 1.29 is 23.5 Å². The topological polar surface area (TPSA) is 105 Å². The Bertz CT molecular complexity index is 1140. The van der Waals surface area contributed by atoms with Gasteiger partial charge in [-0.3, -0.25) is 5.32 Å². The number of amides is 2. The molecule has 0 aliphatic heterocycles. The lowest BCUT2D eigenvalue weighted by Gasteiger charge is -2.23. The maximum atomic E-state index is 13.3. The average Bonchev–Trinajstić information content (AvgIpc) is 3.15. The number of carbonyl (C=O) groups is 2. The van der Waals surface area contributed by atoms with Crippen molar-refractivity contribution in [3.8, 4) is 11.3 Å². The predicted octanol–water partition coefficient (Wildman–Crippen LogP) is 5.86. The van der Waals surface area contributed by atoms with Crippen LogP contribution in [0.3, 0.4) is 0 Å². The maximum Gasteiger partial charge on any atom is 0.411 e. The molecule has 0 unspecified atom stereocenters. The molecule has 0 aliphatic rings. The van der Waals surface area contributed by atoms with Crippen LogP contribution in [0.2, 0.25) is 5.15 Å². The molecule has 0 radical (unpaired) electrons. The number of hydrogen-bond donors (Lipinski definition) is 3. The Balaban J connectivity index is 1.87. The first-order chi connectivity index (χ1) is 16.0. The number of imidazole rings is 1. The number of halogens is 2. The summed E-state index contributed by atoms with van der Waals surface area (Å²) in [7, 11) is 1.28. The van der Waals surface area contributed by atoms with Gasteiger partial charge >= 0.3 is 12.2 Å². The second kappa shape index (κ2) is 10.6. The van der Waals surface area contributed by atoms with E-state index in [4.69, 9.17) is 16.3 Å². The average molecular weight is 489 g/mol. The highest BCUT2D eigenvalue weighted by atomic mass is 35.5. The van der Waals surface area contributed by atoms with Crippen LogP contribution in [0.15, 0.2) is 48.5 Å².